The summed E-state index contributed by atoms with van der Waals surface area (Å²) in [7, 11) is 0. The van der Waals surface area contributed by atoms with E-state index in [0.717, 1.165) is 47.3 Å². The van der Waals surface area contributed by atoms with E-state index in [1.165, 1.54) is 180 Å². The van der Waals surface area contributed by atoms with Crippen LogP contribution in [0, 0.1) is 85.2 Å². The van der Waals surface area contributed by atoms with Crippen molar-refractivity contribution < 1.29 is 0 Å². The Labute approximate surface area is 415 Å². The summed E-state index contributed by atoms with van der Waals surface area (Å²) in [5.41, 5.74) is 3.89. The van der Waals surface area contributed by atoms with Crippen molar-refractivity contribution in [2.24, 2.45) is 85.2 Å². The molecule has 6 aliphatic rings. The first kappa shape index (κ1) is 63.0. The molecule has 0 nitrogen and oxygen atoms in total. The highest BCUT2D eigenvalue weighted by Crippen LogP contribution is 2.46. The van der Waals surface area contributed by atoms with E-state index in [9.17, 15) is 0 Å². The molecule has 0 aromatic carbocycles. The summed E-state index contributed by atoms with van der Waals surface area (Å²) in [4.78, 5) is 0. The molecule has 0 spiro atoms. The molecule has 0 heteroatoms. The minimum Gasteiger partial charge on any atom is -0.0625 e. The van der Waals surface area contributed by atoms with Crippen LogP contribution in [0.15, 0.2) is 0 Å². The fraction of sp³-hybridized carbons (Fsp3) is 1.00. The molecule has 0 amide bonds. The molecule has 0 saturated heterocycles. The van der Waals surface area contributed by atoms with Crippen molar-refractivity contribution in [3.05, 3.63) is 0 Å². The highest BCUT2D eigenvalue weighted by molar-refractivity contribution is 4.85. The van der Waals surface area contributed by atoms with Gasteiger partial charge < -0.3 is 0 Å². The summed E-state index contributed by atoms with van der Waals surface area (Å²) in [5, 5.41) is 0. The highest BCUT2D eigenvalue weighted by atomic mass is 14.4. The number of hydrogen-bond acceptors (Lipinski definition) is 0. The van der Waals surface area contributed by atoms with Crippen LogP contribution in [-0.2, 0) is 0 Å². The standard InChI is InChI=1S/C14H28.2C11H22.2C10H20.C9H18/c1-13(2,3)11-7-9-12(10-8-11)14(4,5)6;1-9-5-7-10(8-6-9)11(2,3)4;1-11(2,3)9-10-7-5-4-6-8-10;1-10(2,3)8-9-6-4-5-7-9;1-10(2,3)9-7-5-4-6-8-9;1-9(2,3)8-6-4-5-7-8/h11-12H,7-10H2,1-6H3;9-10H,5-8H2,1-4H3;10H,4-9H2,1-3H3;2*9H,4-8H2,1-3H3;8H,4-7H2,1-3H3. The molecule has 0 heterocycles. The van der Waals surface area contributed by atoms with Gasteiger partial charge in [-0.3, -0.25) is 0 Å². The van der Waals surface area contributed by atoms with Gasteiger partial charge in [0.1, 0.15) is 0 Å². The fourth-order valence-corrected chi connectivity index (χ4v) is 13.0. The highest BCUT2D eigenvalue weighted by Gasteiger charge is 2.34. The van der Waals surface area contributed by atoms with Crippen molar-refractivity contribution in [1.29, 1.82) is 0 Å². The summed E-state index contributed by atoms with van der Waals surface area (Å²) < 4.78 is 0. The Hall–Kier alpha value is 0. The van der Waals surface area contributed by atoms with Crippen molar-refractivity contribution in [2.45, 2.75) is 332 Å². The molecule has 0 aliphatic heterocycles. The van der Waals surface area contributed by atoms with Gasteiger partial charge in [0.25, 0.3) is 0 Å². The summed E-state index contributed by atoms with van der Waals surface area (Å²) >= 11 is 0. The van der Waals surface area contributed by atoms with Crippen LogP contribution in [-0.4, -0.2) is 0 Å². The predicted molar refractivity (Wildman–Crippen MR) is 299 cm³/mol. The molecule has 0 N–H and O–H groups in total. The third kappa shape index (κ3) is 30.4. The van der Waals surface area contributed by atoms with E-state index < -0.39 is 0 Å². The molecule has 0 bridgehead atoms. The normalized spacial score (nSPS) is 26.1. The lowest BCUT2D eigenvalue weighted by atomic mass is 9.64. The second-order valence-electron chi connectivity index (χ2n) is 31.8. The Bertz CT molecular complexity index is 1100. The van der Waals surface area contributed by atoms with Gasteiger partial charge in [0.15, 0.2) is 0 Å². The van der Waals surface area contributed by atoms with Crippen molar-refractivity contribution in [1.82, 2.24) is 0 Å². The van der Waals surface area contributed by atoms with Crippen molar-refractivity contribution >= 4 is 0 Å². The van der Waals surface area contributed by atoms with Crippen molar-refractivity contribution in [3.63, 3.8) is 0 Å². The van der Waals surface area contributed by atoms with Gasteiger partial charge in [-0.25, -0.2) is 0 Å². The fourth-order valence-electron chi connectivity index (χ4n) is 13.0. The molecular formula is C65H130. The van der Waals surface area contributed by atoms with E-state index in [1.807, 2.05) is 0 Å². The van der Waals surface area contributed by atoms with E-state index in [0.29, 0.717) is 37.9 Å². The zero-order valence-electron chi connectivity index (χ0n) is 49.9. The Morgan fingerprint density at radius 3 is 0.631 bits per heavy atom. The summed E-state index contributed by atoms with van der Waals surface area (Å²) in [6.07, 6.45) is 41.2. The van der Waals surface area contributed by atoms with Crippen LogP contribution in [0.5, 0.6) is 0 Å². The molecule has 390 valence electrons. The molecule has 6 saturated carbocycles. The Kier molecular flexibility index (Phi) is 27.9. The monoisotopic (exact) mass is 911 g/mol. The Morgan fingerprint density at radius 1 is 0.231 bits per heavy atom. The quantitative estimate of drug-likeness (QED) is 0.259. The Balaban J connectivity index is 0.000000392. The van der Waals surface area contributed by atoms with Crippen molar-refractivity contribution in [3.8, 4) is 0 Å². The first-order valence-electron chi connectivity index (χ1n) is 29.6. The van der Waals surface area contributed by atoms with Crippen LogP contribution in [0.1, 0.15) is 332 Å². The smallest absolute Gasteiger partial charge is 0.0354 e. The first-order valence-corrected chi connectivity index (χ1v) is 29.6. The molecule has 6 rings (SSSR count). The molecule has 0 aromatic rings. The van der Waals surface area contributed by atoms with E-state index in [2.05, 4.69) is 152 Å². The topological polar surface area (TPSA) is 0 Å². The lowest BCUT2D eigenvalue weighted by molar-refractivity contribution is 0.0970. The third-order valence-corrected chi connectivity index (χ3v) is 17.8. The molecule has 0 aromatic heterocycles. The SMILES string of the molecule is CC(C)(C)C1CCC(C(C)(C)C)CC1.CC(C)(C)C1CCCC1.CC(C)(C)C1CCCCC1.CC(C)(C)CC1CCCC1.CC(C)(C)CC1CCCCC1.CC1CCC(C(C)(C)C)CC1. The van der Waals surface area contributed by atoms with E-state index >= 15 is 0 Å². The van der Waals surface area contributed by atoms with Crippen LogP contribution in [0.25, 0.3) is 0 Å². The average molecular weight is 912 g/mol. The summed E-state index contributed by atoms with van der Waals surface area (Å²) in [6.45, 7) is 52.3. The minimum atomic E-state index is 0.531. The third-order valence-electron chi connectivity index (χ3n) is 17.8. The lowest BCUT2D eigenvalue weighted by Gasteiger charge is -2.41. The zero-order valence-corrected chi connectivity index (χ0v) is 49.9. The van der Waals surface area contributed by atoms with Crippen molar-refractivity contribution in [2.75, 3.05) is 0 Å². The minimum absolute atomic E-state index is 0.531. The van der Waals surface area contributed by atoms with Gasteiger partial charge in [-0.05, 0) is 162 Å². The second-order valence-corrected chi connectivity index (χ2v) is 31.8. The van der Waals surface area contributed by atoms with Crippen LogP contribution in [0.3, 0.4) is 0 Å². The van der Waals surface area contributed by atoms with Crippen LogP contribution in [0.4, 0.5) is 0 Å². The maximum Gasteiger partial charge on any atom is -0.0354 e. The van der Waals surface area contributed by atoms with Crippen LogP contribution >= 0.6 is 0 Å². The Morgan fingerprint density at radius 2 is 0.415 bits per heavy atom. The molecule has 0 unspecified atom stereocenters. The zero-order chi connectivity index (χ0) is 49.9. The van der Waals surface area contributed by atoms with Gasteiger partial charge in [0.2, 0.25) is 0 Å². The molecule has 0 atom stereocenters. The maximum absolute atomic E-state index is 2.40. The number of hydrogen-bond donors (Lipinski definition) is 0. The number of rotatable bonds is 2. The van der Waals surface area contributed by atoms with Crippen LogP contribution in [0.2, 0.25) is 0 Å². The van der Waals surface area contributed by atoms with Gasteiger partial charge in [0.05, 0.1) is 0 Å². The van der Waals surface area contributed by atoms with Gasteiger partial charge in [-0.15, -0.1) is 0 Å². The van der Waals surface area contributed by atoms with E-state index in [-0.39, 0.29) is 0 Å². The second kappa shape index (κ2) is 28.7. The summed E-state index contributed by atoms with van der Waals surface area (Å²) in [6, 6.07) is 0. The lowest BCUT2D eigenvalue weighted by Crippen LogP contribution is -2.30. The van der Waals surface area contributed by atoms with Gasteiger partial charge in [0, 0.05) is 0 Å². The first-order chi connectivity index (χ1) is 29.6. The molecule has 65 heavy (non-hydrogen) atoms. The molecule has 6 fully saturated rings. The predicted octanol–water partition coefficient (Wildman–Crippen LogP) is 23.2. The average Bonchev–Trinajstić information content (AvgIpc) is 3.91. The van der Waals surface area contributed by atoms with E-state index in [4.69, 9.17) is 0 Å². The molecule has 0 radical (unpaired) electrons. The molecule has 6 aliphatic carbocycles. The molecular weight excluding hydrogens is 781 g/mol. The van der Waals surface area contributed by atoms with Gasteiger partial charge >= 0.3 is 0 Å². The van der Waals surface area contributed by atoms with Gasteiger partial charge in [-0.2, -0.15) is 0 Å². The van der Waals surface area contributed by atoms with Crippen LogP contribution < -0.4 is 0 Å². The maximum atomic E-state index is 2.40. The van der Waals surface area contributed by atoms with E-state index in [1.54, 1.807) is 0 Å². The van der Waals surface area contributed by atoms with Gasteiger partial charge in [-0.1, -0.05) is 255 Å². The summed E-state index contributed by atoms with van der Waals surface area (Å²) in [5.74, 6) is 8.01. The largest absolute Gasteiger partial charge is 0.0625 e.